The number of hydrogen-bond acceptors (Lipinski definition) is 4. The first-order chi connectivity index (χ1) is 11.5. The lowest BCUT2D eigenvalue weighted by molar-refractivity contribution is -0.116. The van der Waals surface area contributed by atoms with E-state index in [0.29, 0.717) is 17.1 Å². The van der Waals surface area contributed by atoms with Crippen molar-refractivity contribution in [1.29, 1.82) is 0 Å². The van der Waals surface area contributed by atoms with Crippen LogP contribution in [0.2, 0.25) is 0 Å². The third kappa shape index (κ3) is 3.01. The zero-order valence-corrected chi connectivity index (χ0v) is 13.7. The number of nitrogens with one attached hydrogen (secondary N) is 2. The average Bonchev–Trinajstić information content (AvgIpc) is 3.08. The summed E-state index contributed by atoms with van der Waals surface area (Å²) in [7, 11) is 1.59. The molecule has 0 saturated heterocycles. The van der Waals surface area contributed by atoms with Crippen LogP contribution >= 0.6 is 0 Å². The van der Waals surface area contributed by atoms with E-state index in [1.54, 1.807) is 20.0 Å². The van der Waals surface area contributed by atoms with Gasteiger partial charge in [0, 0.05) is 29.7 Å². The third-order valence-corrected chi connectivity index (χ3v) is 3.73. The average molecular weight is 326 g/mol. The number of aromatic nitrogens is 2. The Balaban J connectivity index is 1.74. The van der Waals surface area contributed by atoms with Crippen LogP contribution in [0.25, 0.3) is 10.9 Å². The summed E-state index contributed by atoms with van der Waals surface area (Å²) in [5.41, 5.74) is 2.26. The summed E-state index contributed by atoms with van der Waals surface area (Å²) < 4.78 is 4.89. The fourth-order valence-corrected chi connectivity index (χ4v) is 2.64. The number of aryl methyl sites for hydroxylation is 2. The minimum absolute atomic E-state index is 0.0797. The van der Waals surface area contributed by atoms with E-state index in [0.717, 1.165) is 16.6 Å². The predicted octanol–water partition coefficient (Wildman–Crippen LogP) is 2.48. The molecule has 3 rings (SSSR count). The molecule has 0 aliphatic rings. The lowest BCUT2D eigenvalue weighted by Crippen LogP contribution is -2.35. The molecule has 3 aromatic rings. The lowest BCUT2D eigenvalue weighted by atomic mass is 10.1. The van der Waals surface area contributed by atoms with Gasteiger partial charge in [-0.1, -0.05) is 23.4 Å². The molecule has 2 N–H and O–H groups in total. The van der Waals surface area contributed by atoms with Crippen molar-refractivity contribution < 1.29 is 14.1 Å². The van der Waals surface area contributed by atoms with Gasteiger partial charge in [0.1, 0.15) is 5.76 Å². The Bertz CT molecular complexity index is 910. The van der Waals surface area contributed by atoms with E-state index >= 15 is 0 Å². The summed E-state index contributed by atoms with van der Waals surface area (Å²) in [6.07, 6.45) is 0. The van der Waals surface area contributed by atoms with Gasteiger partial charge < -0.3 is 19.7 Å². The fourth-order valence-electron chi connectivity index (χ4n) is 2.64. The second kappa shape index (κ2) is 6.19. The maximum Gasteiger partial charge on any atom is 0.256 e. The van der Waals surface area contributed by atoms with Gasteiger partial charge in [0.25, 0.3) is 5.91 Å². The Morgan fingerprint density at radius 2 is 2.04 bits per heavy atom. The topological polar surface area (TPSA) is 91.2 Å². The van der Waals surface area contributed by atoms with Gasteiger partial charge in [-0.15, -0.1) is 0 Å². The predicted molar refractivity (Wildman–Crippen MR) is 89.9 cm³/mol. The summed E-state index contributed by atoms with van der Waals surface area (Å²) in [6, 6.07) is 9.20. The SMILES string of the molecule is Cc1cc(NC(=O)CN(C)C(=O)c2c(C)[nH]c3ccccc23)no1. The van der Waals surface area contributed by atoms with Crippen LogP contribution < -0.4 is 5.32 Å². The number of benzene rings is 1. The number of rotatable bonds is 4. The Labute approximate surface area is 138 Å². The van der Waals surface area contributed by atoms with Crippen LogP contribution in [0.4, 0.5) is 5.82 Å². The molecule has 0 radical (unpaired) electrons. The van der Waals surface area contributed by atoms with Crippen LogP contribution in [0.3, 0.4) is 0 Å². The molecule has 0 atom stereocenters. The molecule has 7 heteroatoms. The summed E-state index contributed by atoms with van der Waals surface area (Å²) >= 11 is 0. The highest BCUT2D eigenvalue weighted by Crippen LogP contribution is 2.23. The molecule has 0 fully saturated rings. The lowest BCUT2D eigenvalue weighted by Gasteiger charge is -2.16. The van der Waals surface area contributed by atoms with Crippen molar-refractivity contribution in [1.82, 2.24) is 15.0 Å². The molecule has 2 heterocycles. The van der Waals surface area contributed by atoms with Crippen LogP contribution in [-0.4, -0.2) is 40.4 Å². The quantitative estimate of drug-likeness (QED) is 0.770. The highest BCUT2D eigenvalue weighted by molar-refractivity contribution is 6.09. The normalized spacial score (nSPS) is 10.8. The first-order valence-corrected chi connectivity index (χ1v) is 7.51. The largest absolute Gasteiger partial charge is 0.360 e. The molecule has 124 valence electrons. The van der Waals surface area contributed by atoms with E-state index < -0.39 is 0 Å². The van der Waals surface area contributed by atoms with Crippen molar-refractivity contribution >= 4 is 28.5 Å². The molecular weight excluding hydrogens is 308 g/mol. The minimum Gasteiger partial charge on any atom is -0.360 e. The first-order valence-electron chi connectivity index (χ1n) is 7.51. The highest BCUT2D eigenvalue weighted by atomic mass is 16.5. The van der Waals surface area contributed by atoms with Gasteiger partial charge >= 0.3 is 0 Å². The molecule has 0 unspecified atom stereocenters. The number of para-hydroxylation sites is 1. The molecule has 1 aromatic carbocycles. The number of hydrogen-bond donors (Lipinski definition) is 2. The van der Waals surface area contributed by atoms with E-state index in [1.807, 2.05) is 31.2 Å². The standard InChI is InChI=1S/C17H18N4O3/c1-10-8-14(20-24-10)19-15(22)9-21(3)17(23)16-11(2)18-13-7-5-4-6-12(13)16/h4-8,18H,9H2,1-3H3,(H,19,20,22). The van der Waals surface area contributed by atoms with Crippen molar-refractivity contribution in [3.05, 3.63) is 47.3 Å². The fraction of sp³-hybridized carbons (Fsp3) is 0.235. The summed E-state index contributed by atoms with van der Waals surface area (Å²) in [5, 5.41) is 7.14. The zero-order chi connectivity index (χ0) is 17.3. The number of aromatic amines is 1. The molecule has 2 aromatic heterocycles. The van der Waals surface area contributed by atoms with Crippen LogP contribution in [0.1, 0.15) is 21.8 Å². The van der Waals surface area contributed by atoms with Gasteiger partial charge in [-0.2, -0.15) is 0 Å². The number of nitrogens with zero attached hydrogens (tertiary/aromatic N) is 2. The molecular formula is C17H18N4O3. The molecule has 24 heavy (non-hydrogen) atoms. The Hall–Kier alpha value is -3.09. The number of H-pyrrole nitrogens is 1. The number of amides is 2. The van der Waals surface area contributed by atoms with Crippen LogP contribution in [0, 0.1) is 13.8 Å². The number of anilines is 1. The van der Waals surface area contributed by atoms with Gasteiger partial charge in [0.05, 0.1) is 12.1 Å². The van der Waals surface area contributed by atoms with Crippen molar-refractivity contribution in [2.24, 2.45) is 0 Å². The van der Waals surface area contributed by atoms with Crippen molar-refractivity contribution in [2.75, 3.05) is 18.9 Å². The second-order valence-corrected chi connectivity index (χ2v) is 5.70. The first kappa shape index (κ1) is 15.8. The van der Waals surface area contributed by atoms with Gasteiger partial charge in [-0.3, -0.25) is 9.59 Å². The van der Waals surface area contributed by atoms with E-state index in [2.05, 4.69) is 15.5 Å². The van der Waals surface area contributed by atoms with Crippen molar-refractivity contribution in [3.8, 4) is 0 Å². The number of carbonyl (C=O) groups excluding carboxylic acids is 2. The second-order valence-electron chi connectivity index (χ2n) is 5.70. The minimum atomic E-state index is -0.336. The summed E-state index contributed by atoms with van der Waals surface area (Å²) in [5.74, 6) is 0.388. The van der Waals surface area contributed by atoms with E-state index in [-0.39, 0.29) is 18.4 Å². The van der Waals surface area contributed by atoms with E-state index in [9.17, 15) is 9.59 Å². The number of carbonyl (C=O) groups is 2. The molecule has 0 aliphatic heterocycles. The molecule has 7 nitrogen and oxygen atoms in total. The number of fused-ring (bicyclic) bond motifs is 1. The monoisotopic (exact) mass is 326 g/mol. The molecule has 0 saturated carbocycles. The third-order valence-electron chi connectivity index (χ3n) is 3.73. The van der Waals surface area contributed by atoms with Gasteiger partial charge in [0.2, 0.25) is 5.91 Å². The van der Waals surface area contributed by atoms with E-state index in [4.69, 9.17) is 4.52 Å². The Kier molecular flexibility index (Phi) is 4.07. The maximum atomic E-state index is 12.7. The van der Waals surface area contributed by atoms with Crippen LogP contribution in [0.15, 0.2) is 34.9 Å². The Morgan fingerprint density at radius 1 is 1.29 bits per heavy atom. The van der Waals surface area contributed by atoms with Crippen LogP contribution in [0.5, 0.6) is 0 Å². The molecule has 0 spiro atoms. The van der Waals surface area contributed by atoms with Crippen molar-refractivity contribution in [3.63, 3.8) is 0 Å². The zero-order valence-electron chi connectivity index (χ0n) is 13.7. The summed E-state index contributed by atoms with van der Waals surface area (Å²) in [4.78, 5) is 29.4. The highest BCUT2D eigenvalue weighted by Gasteiger charge is 2.21. The number of likely N-dealkylation sites (N-methyl/N-ethyl adjacent to an activating group) is 1. The molecule has 2 amide bonds. The van der Waals surface area contributed by atoms with E-state index in [1.165, 1.54) is 4.90 Å². The van der Waals surface area contributed by atoms with Gasteiger partial charge in [-0.25, -0.2) is 0 Å². The smallest absolute Gasteiger partial charge is 0.256 e. The molecule has 0 bridgehead atoms. The Morgan fingerprint density at radius 3 is 2.75 bits per heavy atom. The van der Waals surface area contributed by atoms with Crippen LogP contribution in [-0.2, 0) is 4.79 Å². The summed E-state index contributed by atoms with van der Waals surface area (Å²) in [6.45, 7) is 3.50. The maximum absolute atomic E-state index is 12.7. The molecule has 0 aliphatic carbocycles. The van der Waals surface area contributed by atoms with Crippen molar-refractivity contribution in [2.45, 2.75) is 13.8 Å². The van der Waals surface area contributed by atoms with Gasteiger partial charge in [-0.05, 0) is 19.9 Å². The van der Waals surface area contributed by atoms with Gasteiger partial charge in [0.15, 0.2) is 5.82 Å².